The van der Waals surface area contributed by atoms with Gasteiger partial charge in [-0.2, -0.15) is 13.2 Å². The van der Waals surface area contributed by atoms with Crippen molar-refractivity contribution in [2.24, 2.45) is 0 Å². The second-order valence-electron chi connectivity index (χ2n) is 2.88. The molecule has 0 saturated carbocycles. The summed E-state index contributed by atoms with van der Waals surface area (Å²) in [6, 6.07) is 3.77. The molecule has 0 bridgehead atoms. The van der Waals surface area contributed by atoms with Crippen LogP contribution in [0.15, 0.2) is 22.7 Å². The van der Waals surface area contributed by atoms with E-state index in [1.807, 2.05) is 0 Å². The average Bonchev–Trinajstić information content (AvgIpc) is 2.10. The van der Waals surface area contributed by atoms with Crippen LogP contribution in [0.2, 0.25) is 0 Å². The van der Waals surface area contributed by atoms with Crippen LogP contribution in [0.4, 0.5) is 13.2 Å². The molecule has 0 aliphatic heterocycles. The zero-order valence-corrected chi connectivity index (χ0v) is 8.89. The van der Waals surface area contributed by atoms with Crippen LogP contribution >= 0.6 is 15.9 Å². The lowest BCUT2D eigenvalue weighted by atomic mass is 10.1. The van der Waals surface area contributed by atoms with Crippen molar-refractivity contribution in [3.8, 4) is 5.75 Å². The van der Waals surface area contributed by atoms with Crippen molar-refractivity contribution in [3.05, 3.63) is 28.2 Å². The monoisotopic (exact) mass is 282 g/mol. The lowest BCUT2D eigenvalue weighted by molar-refractivity contribution is -0.170. The summed E-state index contributed by atoms with van der Waals surface area (Å²) in [5.41, 5.74) is 0.196. The maximum atomic E-state index is 11.9. The topological polar surface area (TPSA) is 37.3 Å². The highest BCUT2D eigenvalue weighted by atomic mass is 79.9. The van der Waals surface area contributed by atoms with Crippen LogP contribution < -0.4 is 0 Å². The fourth-order valence-electron chi connectivity index (χ4n) is 0.946. The molecule has 1 rings (SSSR count). The van der Waals surface area contributed by atoms with Gasteiger partial charge in [0.2, 0.25) is 5.78 Å². The Morgan fingerprint density at radius 2 is 2.00 bits per heavy atom. The van der Waals surface area contributed by atoms with Crippen molar-refractivity contribution >= 4 is 21.7 Å². The molecule has 0 aliphatic rings. The average molecular weight is 283 g/mol. The molecular formula is C9H6BrF3O2. The van der Waals surface area contributed by atoms with E-state index in [1.165, 1.54) is 18.2 Å². The summed E-state index contributed by atoms with van der Waals surface area (Å²) in [6.45, 7) is 0. The molecule has 0 amide bonds. The number of halogens is 4. The number of alkyl halides is 3. The van der Waals surface area contributed by atoms with Crippen LogP contribution in [-0.4, -0.2) is 17.1 Å². The van der Waals surface area contributed by atoms with Gasteiger partial charge in [-0.05, 0) is 33.6 Å². The number of phenols is 1. The molecule has 0 aliphatic carbocycles. The van der Waals surface area contributed by atoms with Gasteiger partial charge >= 0.3 is 6.18 Å². The van der Waals surface area contributed by atoms with Crippen molar-refractivity contribution in [1.82, 2.24) is 0 Å². The second-order valence-corrected chi connectivity index (χ2v) is 3.74. The van der Waals surface area contributed by atoms with Crippen molar-refractivity contribution in [2.75, 3.05) is 0 Å². The van der Waals surface area contributed by atoms with Crippen LogP contribution in [0.25, 0.3) is 0 Å². The number of benzene rings is 1. The number of ketones is 1. The Bertz CT molecular complexity index is 387. The van der Waals surface area contributed by atoms with E-state index in [-0.39, 0.29) is 15.8 Å². The molecule has 0 unspecified atom stereocenters. The number of carbonyl (C=O) groups is 1. The minimum Gasteiger partial charge on any atom is -0.507 e. The smallest absolute Gasteiger partial charge is 0.450 e. The van der Waals surface area contributed by atoms with E-state index in [1.54, 1.807) is 0 Å². The van der Waals surface area contributed by atoms with Gasteiger partial charge in [-0.1, -0.05) is 6.07 Å². The molecule has 0 atom stereocenters. The quantitative estimate of drug-likeness (QED) is 0.906. The Morgan fingerprint density at radius 3 is 2.47 bits per heavy atom. The van der Waals surface area contributed by atoms with Crippen LogP contribution in [0, 0.1) is 0 Å². The minimum absolute atomic E-state index is 0.0850. The zero-order chi connectivity index (χ0) is 11.6. The first-order valence-electron chi connectivity index (χ1n) is 3.88. The maximum Gasteiger partial charge on any atom is 0.450 e. The minimum atomic E-state index is -4.82. The Kier molecular flexibility index (Phi) is 3.38. The molecule has 15 heavy (non-hydrogen) atoms. The van der Waals surface area contributed by atoms with Gasteiger partial charge in [-0.3, -0.25) is 4.79 Å². The number of rotatable bonds is 2. The first-order chi connectivity index (χ1) is 6.80. The fourth-order valence-corrected chi connectivity index (χ4v) is 1.37. The Labute approximate surface area is 91.8 Å². The molecule has 6 heteroatoms. The van der Waals surface area contributed by atoms with Gasteiger partial charge in [0.15, 0.2) is 0 Å². The summed E-state index contributed by atoms with van der Waals surface area (Å²) in [7, 11) is 0. The Hall–Kier alpha value is -1.04. The normalized spacial score (nSPS) is 11.5. The third kappa shape index (κ3) is 3.23. The van der Waals surface area contributed by atoms with Gasteiger partial charge in [0, 0.05) is 6.42 Å². The van der Waals surface area contributed by atoms with Crippen molar-refractivity contribution in [2.45, 2.75) is 12.6 Å². The molecule has 1 aromatic rings. The predicted molar refractivity (Wildman–Crippen MR) is 50.6 cm³/mol. The summed E-state index contributed by atoms with van der Waals surface area (Å²) in [4.78, 5) is 10.6. The predicted octanol–water partition coefficient (Wildman–Crippen LogP) is 2.83. The van der Waals surface area contributed by atoms with Gasteiger partial charge in [-0.15, -0.1) is 0 Å². The lowest BCUT2D eigenvalue weighted by Gasteiger charge is -2.05. The van der Waals surface area contributed by atoms with Gasteiger partial charge < -0.3 is 5.11 Å². The van der Waals surface area contributed by atoms with E-state index in [0.29, 0.717) is 0 Å². The molecule has 2 nitrogen and oxygen atoms in total. The molecule has 0 fully saturated rings. The van der Waals surface area contributed by atoms with Crippen LogP contribution in [0.5, 0.6) is 5.75 Å². The van der Waals surface area contributed by atoms with Gasteiger partial charge in [0.1, 0.15) is 5.75 Å². The van der Waals surface area contributed by atoms with Crippen LogP contribution in [0.3, 0.4) is 0 Å². The van der Waals surface area contributed by atoms with Gasteiger partial charge in [-0.25, -0.2) is 0 Å². The van der Waals surface area contributed by atoms with Gasteiger partial charge in [0.25, 0.3) is 0 Å². The molecule has 1 N–H and O–H groups in total. The Morgan fingerprint density at radius 1 is 1.40 bits per heavy atom. The fraction of sp³-hybridized carbons (Fsp3) is 0.222. The zero-order valence-electron chi connectivity index (χ0n) is 7.31. The standard InChI is InChI=1S/C9H6BrF3O2/c10-6-3-5(1-2-7(6)14)4-8(15)9(11,12)13/h1-3,14H,4H2. The third-order valence-corrected chi connectivity index (χ3v) is 2.33. The summed E-state index contributed by atoms with van der Waals surface area (Å²) in [6.07, 6.45) is -5.53. The molecule has 0 radical (unpaired) electrons. The first-order valence-corrected chi connectivity index (χ1v) is 4.67. The molecule has 0 spiro atoms. The van der Waals surface area contributed by atoms with Gasteiger partial charge in [0.05, 0.1) is 4.47 Å². The summed E-state index contributed by atoms with van der Waals surface area (Å²) in [5.74, 6) is -1.89. The first kappa shape index (κ1) is 12.0. The Balaban J connectivity index is 2.83. The van der Waals surface area contributed by atoms with Crippen molar-refractivity contribution in [1.29, 1.82) is 0 Å². The summed E-state index contributed by atoms with van der Waals surface area (Å²) in [5, 5.41) is 9.08. The highest BCUT2D eigenvalue weighted by Gasteiger charge is 2.37. The molecular weight excluding hydrogens is 277 g/mol. The van der Waals surface area contributed by atoms with Crippen LogP contribution in [-0.2, 0) is 11.2 Å². The van der Waals surface area contributed by atoms with E-state index in [0.717, 1.165) is 0 Å². The lowest BCUT2D eigenvalue weighted by Crippen LogP contribution is -2.24. The maximum absolute atomic E-state index is 11.9. The number of hydrogen-bond donors (Lipinski definition) is 1. The highest BCUT2D eigenvalue weighted by Crippen LogP contribution is 2.26. The summed E-state index contributed by atoms with van der Waals surface area (Å²) < 4.78 is 36.0. The van der Waals surface area contributed by atoms with E-state index in [2.05, 4.69) is 15.9 Å². The number of Topliss-reactive ketones (excluding diaryl/α,β-unsaturated/α-hetero) is 1. The number of carbonyl (C=O) groups excluding carboxylic acids is 1. The molecule has 0 aromatic heterocycles. The molecule has 1 aromatic carbocycles. The van der Waals surface area contributed by atoms with Crippen LogP contribution in [0.1, 0.15) is 5.56 Å². The van der Waals surface area contributed by atoms with E-state index >= 15 is 0 Å². The SMILES string of the molecule is O=C(Cc1ccc(O)c(Br)c1)C(F)(F)F. The molecule has 82 valence electrons. The van der Waals surface area contributed by atoms with E-state index in [4.69, 9.17) is 5.11 Å². The largest absolute Gasteiger partial charge is 0.507 e. The second kappa shape index (κ2) is 4.22. The van der Waals surface area contributed by atoms with E-state index < -0.39 is 18.4 Å². The van der Waals surface area contributed by atoms with Crippen molar-refractivity contribution in [3.63, 3.8) is 0 Å². The number of aromatic hydroxyl groups is 1. The highest BCUT2D eigenvalue weighted by molar-refractivity contribution is 9.10. The molecule has 0 saturated heterocycles. The summed E-state index contributed by atoms with van der Waals surface area (Å²) >= 11 is 2.94. The van der Waals surface area contributed by atoms with Crippen molar-refractivity contribution < 1.29 is 23.1 Å². The van der Waals surface area contributed by atoms with E-state index in [9.17, 15) is 18.0 Å². The number of phenolic OH excluding ortho intramolecular Hbond substituents is 1. The molecule has 0 heterocycles. The third-order valence-electron chi connectivity index (χ3n) is 1.69. The number of hydrogen-bond acceptors (Lipinski definition) is 2.